The van der Waals surface area contributed by atoms with Crippen molar-refractivity contribution < 1.29 is 5.11 Å². The molecule has 1 unspecified atom stereocenters. The normalized spacial score (nSPS) is 18.3. The van der Waals surface area contributed by atoms with Gasteiger partial charge in [-0.3, -0.25) is 0 Å². The maximum absolute atomic E-state index is 9.49. The van der Waals surface area contributed by atoms with Gasteiger partial charge in [0.2, 0.25) is 0 Å². The van der Waals surface area contributed by atoms with Gasteiger partial charge in [-0.2, -0.15) is 0 Å². The lowest BCUT2D eigenvalue weighted by atomic mass is 9.92. The van der Waals surface area contributed by atoms with Crippen molar-refractivity contribution in [2.75, 3.05) is 11.9 Å². The SMILES string of the molecule is CC(O)c1ccnc(N(C)C2CCC2)c1. The van der Waals surface area contributed by atoms with Gasteiger partial charge in [0.05, 0.1) is 6.10 Å². The highest BCUT2D eigenvalue weighted by molar-refractivity contribution is 5.42. The summed E-state index contributed by atoms with van der Waals surface area (Å²) in [4.78, 5) is 6.56. The lowest BCUT2D eigenvalue weighted by Crippen LogP contribution is -2.37. The van der Waals surface area contributed by atoms with Gasteiger partial charge in [-0.25, -0.2) is 4.98 Å². The highest BCUT2D eigenvalue weighted by atomic mass is 16.3. The first-order valence-corrected chi connectivity index (χ1v) is 5.55. The van der Waals surface area contributed by atoms with Gasteiger partial charge in [-0.05, 0) is 43.9 Å². The Morgan fingerprint density at radius 1 is 1.53 bits per heavy atom. The molecule has 0 aliphatic heterocycles. The fourth-order valence-electron chi connectivity index (χ4n) is 1.85. The number of aliphatic hydroxyl groups excluding tert-OH is 1. The molecule has 0 amide bonds. The lowest BCUT2D eigenvalue weighted by Gasteiger charge is -2.35. The first-order valence-electron chi connectivity index (χ1n) is 5.55. The third kappa shape index (κ3) is 2.12. The van der Waals surface area contributed by atoms with Crippen molar-refractivity contribution >= 4 is 5.82 Å². The summed E-state index contributed by atoms with van der Waals surface area (Å²) in [6.07, 6.45) is 5.20. The van der Waals surface area contributed by atoms with E-state index < -0.39 is 6.10 Å². The van der Waals surface area contributed by atoms with Crippen molar-refractivity contribution in [3.05, 3.63) is 23.9 Å². The van der Waals surface area contributed by atoms with E-state index in [1.165, 1.54) is 19.3 Å². The van der Waals surface area contributed by atoms with Crippen LogP contribution in [0.1, 0.15) is 37.9 Å². The van der Waals surface area contributed by atoms with Gasteiger partial charge in [0, 0.05) is 19.3 Å². The van der Waals surface area contributed by atoms with Crippen LogP contribution in [0.4, 0.5) is 5.82 Å². The first-order chi connectivity index (χ1) is 7.18. The summed E-state index contributed by atoms with van der Waals surface area (Å²) < 4.78 is 0. The molecular formula is C12H18N2O. The van der Waals surface area contributed by atoms with Crippen molar-refractivity contribution in [2.45, 2.75) is 38.3 Å². The number of rotatable bonds is 3. The average Bonchev–Trinajstić information content (AvgIpc) is 2.15. The molecule has 1 aliphatic rings. The molecule has 15 heavy (non-hydrogen) atoms. The lowest BCUT2D eigenvalue weighted by molar-refractivity contribution is 0.199. The standard InChI is InChI=1S/C12H18N2O/c1-9(15)10-6-7-13-12(8-10)14(2)11-4-3-5-11/h6-9,11,15H,3-5H2,1-2H3. The minimum absolute atomic E-state index is 0.415. The van der Waals surface area contributed by atoms with Crippen LogP contribution in [0.2, 0.25) is 0 Å². The number of pyridine rings is 1. The van der Waals surface area contributed by atoms with Gasteiger partial charge in [0.25, 0.3) is 0 Å². The molecule has 1 aromatic heterocycles. The van der Waals surface area contributed by atoms with Crippen molar-refractivity contribution in [3.8, 4) is 0 Å². The van der Waals surface area contributed by atoms with E-state index in [0.717, 1.165) is 11.4 Å². The zero-order valence-corrected chi connectivity index (χ0v) is 9.35. The van der Waals surface area contributed by atoms with Crippen LogP contribution in [-0.2, 0) is 0 Å². The van der Waals surface area contributed by atoms with Crippen LogP contribution in [-0.4, -0.2) is 23.2 Å². The van der Waals surface area contributed by atoms with Crippen molar-refractivity contribution in [2.24, 2.45) is 0 Å². The molecular weight excluding hydrogens is 188 g/mol. The van der Waals surface area contributed by atoms with Crippen LogP contribution in [0.5, 0.6) is 0 Å². The number of anilines is 1. The molecule has 0 saturated heterocycles. The van der Waals surface area contributed by atoms with E-state index in [0.29, 0.717) is 6.04 Å². The average molecular weight is 206 g/mol. The van der Waals surface area contributed by atoms with Crippen molar-refractivity contribution in [1.82, 2.24) is 4.98 Å². The van der Waals surface area contributed by atoms with E-state index in [-0.39, 0.29) is 0 Å². The van der Waals surface area contributed by atoms with Gasteiger partial charge in [0.15, 0.2) is 0 Å². The topological polar surface area (TPSA) is 36.4 Å². The minimum Gasteiger partial charge on any atom is -0.389 e. The first kappa shape index (κ1) is 10.4. The van der Waals surface area contributed by atoms with Gasteiger partial charge in [0.1, 0.15) is 5.82 Å². The quantitative estimate of drug-likeness (QED) is 0.823. The van der Waals surface area contributed by atoms with Gasteiger partial charge >= 0.3 is 0 Å². The fourth-order valence-corrected chi connectivity index (χ4v) is 1.85. The maximum atomic E-state index is 9.49. The molecule has 1 atom stereocenters. The number of hydrogen-bond donors (Lipinski definition) is 1. The molecule has 1 aromatic rings. The predicted octanol–water partition coefficient (Wildman–Crippen LogP) is 2.12. The fraction of sp³-hybridized carbons (Fsp3) is 0.583. The Bertz CT molecular complexity index is 334. The van der Waals surface area contributed by atoms with E-state index in [9.17, 15) is 5.11 Å². The van der Waals surface area contributed by atoms with Crippen LogP contribution in [0.15, 0.2) is 18.3 Å². The Kier molecular flexibility index (Phi) is 2.91. The highest BCUT2D eigenvalue weighted by Crippen LogP contribution is 2.27. The third-order valence-electron chi connectivity index (χ3n) is 3.24. The number of hydrogen-bond acceptors (Lipinski definition) is 3. The van der Waals surface area contributed by atoms with Crippen LogP contribution in [0.3, 0.4) is 0 Å². The Labute approximate surface area is 90.8 Å². The van der Waals surface area contributed by atoms with E-state index in [1.54, 1.807) is 13.1 Å². The Balaban J connectivity index is 2.16. The molecule has 1 fully saturated rings. The van der Waals surface area contributed by atoms with E-state index in [1.807, 2.05) is 12.1 Å². The Hall–Kier alpha value is -1.09. The predicted molar refractivity (Wildman–Crippen MR) is 60.9 cm³/mol. The molecule has 2 rings (SSSR count). The van der Waals surface area contributed by atoms with E-state index in [4.69, 9.17) is 0 Å². The molecule has 0 aromatic carbocycles. The smallest absolute Gasteiger partial charge is 0.128 e. The van der Waals surface area contributed by atoms with Crippen LogP contribution >= 0.6 is 0 Å². The number of aliphatic hydroxyl groups is 1. The van der Waals surface area contributed by atoms with Gasteiger partial charge in [-0.1, -0.05) is 0 Å². The molecule has 1 N–H and O–H groups in total. The molecule has 3 heteroatoms. The minimum atomic E-state index is -0.415. The summed E-state index contributed by atoms with van der Waals surface area (Å²) in [5.74, 6) is 0.970. The number of aromatic nitrogens is 1. The van der Waals surface area contributed by atoms with Crippen molar-refractivity contribution in [3.63, 3.8) is 0 Å². The van der Waals surface area contributed by atoms with Crippen LogP contribution in [0.25, 0.3) is 0 Å². The molecule has 3 nitrogen and oxygen atoms in total. The molecule has 0 bridgehead atoms. The largest absolute Gasteiger partial charge is 0.389 e. The second-order valence-corrected chi connectivity index (χ2v) is 4.32. The van der Waals surface area contributed by atoms with E-state index >= 15 is 0 Å². The van der Waals surface area contributed by atoms with Gasteiger partial charge in [-0.15, -0.1) is 0 Å². The summed E-state index contributed by atoms with van der Waals surface area (Å²) in [6, 6.07) is 4.48. The van der Waals surface area contributed by atoms with E-state index in [2.05, 4.69) is 16.9 Å². The summed E-state index contributed by atoms with van der Waals surface area (Å²) in [5, 5.41) is 9.49. The molecule has 1 heterocycles. The second-order valence-electron chi connectivity index (χ2n) is 4.32. The Morgan fingerprint density at radius 3 is 2.80 bits per heavy atom. The van der Waals surface area contributed by atoms with Gasteiger partial charge < -0.3 is 10.0 Å². The zero-order valence-electron chi connectivity index (χ0n) is 9.35. The van der Waals surface area contributed by atoms with Crippen molar-refractivity contribution in [1.29, 1.82) is 0 Å². The Morgan fingerprint density at radius 2 is 2.27 bits per heavy atom. The summed E-state index contributed by atoms with van der Waals surface area (Å²) in [7, 11) is 2.08. The number of nitrogens with zero attached hydrogens (tertiary/aromatic N) is 2. The monoisotopic (exact) mass is 206 g/mol. The summed E-state index contributed by atoms with van der Waals surface area (Å²) in [6.45, 7) is 1.78. The van der Waals surface area contributed by atoms with Crippen LogP contribution < -0.4 is 4.90 Å². The molecule has 82 valence electrons. The summed E-state index contributed by atoms with van der Waals surface area (Å²) in [5.41, 5.74) is 0.936. The second kappa shape index (κ2) is 4.19. The molecule has 0 radical (unpaired) electrons. The molecule has 1 saturated carbocycles. The van der Waals surface area contributed by atoms with Crippen LogP contribution in [0, 0.1) is 0 Å². The maximum Gasteiger partial charge on any atom is 0.128 e. The highest BCUT2D eigenvalue weighted by Gasteiger charge is 2.23. The molecule has 1 aliphatic carbocycles. The third-order valence-corrected chi connectivity index (χ3v) is 3.24. The zero-order chi connectivity index (χ0) is 10.8. The summed E-state index contributed by atoms with van der Waals surface area (Å²) >= 11 is 0. The molecule has 0 spiro atoms.